The minimum atomic E-state index is -1.17. The number of carboxylic acids is 1. The Balaban J connectivity index is 0.00000161. The van der Waals surface area contributed by atoms with Gasteiger partial charge in [0.2, 0.25) is 0 Å². The average molecular weight is 318 g/mol. The first-order valence-electron chi connectivity index (χ1n) is 6.37. The van der Waals surface area contributed by atoms with Crippen LogP contribution in [-0.4, -0.2) is 29.4 Å². The second-order valence-corrected chi connectivity index (χ2v) is 5.49. The van der Waals surface area contributed by atoms with Crippen LogP contribution in [-0.2, 0) is 15.0 Å². The Morgan fingerprint density at radius 1 is 1.38 bits per heavy atom. The minimum absolute atomic E-state index is 0. The van der Waals surface area contributed by atoms with E-state index in [0.29, 0.717) is 13.0 Å². The van der Waals surface area contributed by atoms with Gasteiger partial charge in [0.25, 0.3) is 0 Å². The summed E-state index contributed by atoms with van der Waals surface area (Å²) in [4.78, 5) is 22.4. The third-order valence-electron chi connectivity index (χ3n) is 4.31. The van der Waals surface area contributed by atoms with Crippen LogP contribution in [0.2, 0.25) is 0 Å². The van der Waals surface area contributed by atoms with Gasteiger partial charge >= 0.3 is 5.97 Å². The van der Waals surface area contributed by atoms with E-state index in [4.69, 9.17) is 5.11 Å². The van der Waals surface area contributed by atoms with E-state index in [1.165, 1.54) is 6.07 Å². The molecule has 21 heavy (non-hydrogen) atoms. The summed E-state index contributed by atoms with van der Waals surface area (Å²) >= 11 is 0. The molecular formula is C14H14ClF2NO3. The van der Waals surface area contributed by atoms with Crippen molar-refractivity contribution in [3.8, 4) is 0 Å². The summed E-state index contributed by atoms with van der Waals surface area (Å²) in [5.74, 6) is -2.72. The monoisotopic (exact) mass is 317 g/mol. The predicted octanol–water partition coefficient (Wildman–Crippen LogP) is 1.66. The first kappa shape index (κ1) is 15.9. The summed E-state index contributed by atoms with van der Waals surface area (Å²) in [6.45, 7) is 0.369. The molecule has 2 aliphatic rings. The van der Waals surface area contributed by atoms with Gasteiger partial charge in [0.05, 0.1) is 6.04 Å². The summed E-state index contributed by atoms with van der Waals surface area (Å²) in [6, 6.07) is 2.73. The van der Waals surface area contributed by atoms with E-state index in [1.807, 2.05) is 0 Å². The van der Waals surface area contributed by atoms with Gasteiger partial charge < -0.3 is 10.4 Å². The largest absolute Gasteiger partial charge is 0.481 e. The van der Waals surface area contributed by atoms with Crippen LogP contribution in [0.3, 0.4) is 0 Å². The average Bonchev–Trinajstić information content (AvgIpc) is 2.98. The molecule has 1 aromatic carbocycles. The van der Waals surface area contributed by atoms with E-state index in [2.05, 4.69) is 5.32 Å². The first-order valence-corrected chi connectivity index (χ1v) is 6.37. The molecule has 1 unspecified atom stereocenters. The van der Waals surface area contributed by atoms with Crippen LogP contribution >= 0.6 is 12.4 Å². The highest BCUT2D eigenvalue weighted by Crippen LogP contribution is 2.59. The van der Waals surface area contributed by atoms with Crippen molar-refractivity contribution in [2.45, 2.75) is 24.3 Å². The Kier molecular flexibility index (Phi) is 4.04. The fourth-order valence-electron chi connectivity index (χ4n) is 3.29. The Morgan fingerprint density at radius 3 is 2.71 bits per heavy atom. The maximum atomic E-state index is 13.9. The lowest BCUT2D eigenvalue weighted by Crippen LogP contribution is -2.36. The molecule has 1 heterocycles. The Hall–Kier alpha value is -1.53. The van der Waals surface area contributed by atoms with E-state index in [-0.39, 0.29) is 23.9 Å². The van der Waals surface area contributed by atoms with E-state index < -0.39 is 41.3 Å². The SMILES string of the molecule is Cl.O=C(O)CC(=O)C1NC[C@@]2(c3cc(F)ccc3F)C[C@@H]12. The number of fused-ring (bicyclic) bond motifs is 1. The van der Waals surface area contributed by atoms with Gasteiger partial charge in [-0.3, -0.25) is 9.59 Å². The molecule has 0 amide bonds. The molecule has 0 radical (unpaired) electrons. The first-order chi connectivity index (χ1) is 9.44. The van der Waals surface area contributed by atoms with E-state index in [9.17, 15) is 18.4 Å². The topological polar surface area (TPSA) is 66.4 Å². The molecule has 3 atom stereocenters. The van der Waals surface area contributed by atoms with Crippen molar-refractivity contribution in [3.63, 3.8) is 0 Å². The van der Waals surface area contributed by atoms with E-state index in [1.54, 1.807) is 0 Å². The molecule has 1 aliphatic carbocycles. The van der Waals surface area contributed by atoms with Crippen molar-refractivity contribution in [3.05, 3.63) is 35.4 Å². The number of ketones is 1. The van der Waals surface area contributed by atoms with Crippen molar-refractivity contribution in [1.29, 1.82) is 0 Å². The molecule has 1 aromatic rings. The lowest BCUT2D eigenvalue weighted by atomic mass is 9.93. The molecule has 3 rings (SSSR count). The molecule has 0 bridgehead atoms. The lowest BCUT2D eigenvalue weighted by Gasteiger charge is -2.13. The number of halogens is 3. The second-order valence-electron chi connectivity index (χ2n) is 5.49. The number of Topliss-reactive ketones (excluding diaryl/α,β-unsaturated/α-hetero) is 1. The number of aliphatic carboxylic acids is 1. The van der Waals surface area contributed by atoms with Gasteiger partial charge in [0.1, 0.15) is 18.1 Å². The standard InChI is InChI=1S/C14H13F2NO3.ClH/c15-7-1-2-10(16)8(3-7)14-5-9(14)13(17-6-14)11(18)4-12(19)20;/h1-3,9,13,17H,4-6H2,(H,19,20);1H/t9-,13?,14+;/m0./s1. The molecule has 114 valence electrons. The molecule has 2 N–H and O–H groups in total. The Labute approximate surface area is 125 Å². The van der Waals surface area contributed by atoms with Crippen molar-refractivity contribution in [2.75, 3.05) is 6.54 Å². The van der Waals surface area contributed by atoms with Crippen molar-refractivity contribution >= 4 is 24.2 Å². The zero-order chi connectivity index (χ0) is 14.5. The second kappa shape index (κ2) is 5.35. The van der Waals surface area contributed by atoms with Gasteiger partial charge in [-0.1, -0.05) is 0 Å². The van der Waals surface area contributed by atoms with Crippen molar-refractivity contribution in [1.82, 2.24) is 5.32 Å². The lowest BCUT2D eigenvalue weighted by molar-refractivity contribution is -0.140. The quantitative estimate of drug-likeness (QED) is 0.829. The zero-order valence-electron chi connectivity index (χ0n) is 10.9. The van der Waals surface area contributed by atoms with Crippen LogP contribution in [0.4, 0.5) is 8.78 Å². The zero-order valence-corrected chi connectivity index (χ0v) is 11.8. The smallest absolute Gasteiger partial charge is 0.310 e. The number of nitrogens with one attached hydrogen (secondary N) is 1. The molecular weight excluding hydrogens is 304 g/mol. The van der Waals surface area contributed by atoms with Crippen LogP contribution < -0.4 is 5.32 Å². The molecule has 2 fully saturated rings. The molecule has 4 nitrogen and oxygen atoms in total. The fraction of sp³-hybridized carbons (Fsp3) is 0.429. The Bertz CT molecular complexity index is 610. The number of benzene rings is 1. The number of carbonyl (C=O) groups is 2. The van der Waals surface area contributed by atoms with Gasteiger partial charge in [-0.2, -0.15) is 0 Å². The highest BCUT2D eigenvalue weighted by Gasteiger charge is 2.65. The number of carboxylic acid groups (broad SMARTS) is 1. The van der Waals surface area contributed by atoms with Gasteiger partial charge in [-0.15, -0.1) is 12.4 Å². The number of hydrogen-bond acceptors (Lipinski definition) is 3. The van der Waals surface area contributed by atoms with Gasteiger partial charge in [-0.05, 0) is 36.1 Å². The molecule has 1 aliphatic heterocycles. The summed E-state index contributed by atoms with van der Waals surface area (Å²) < 4.78 is 27.1. The fourth-order valence-corrected chi connectivity index (χ4v) is 3.29. The summed E-state index contributed by atoms with van der Waals surface area (Å²) in [5, 5.41) is 11.6. The summed E-state index contributed by atoms with van der Waals surface area (Å²) in [5.41, 5.74) is -0.286. The molecule has 0 spiro atoms. The molecule has 0 aromatic heterocycles. The van der Waals surface area contributed by atoms with Gasteiger partial charge in [0, 0.05) is 12.0 Å². The number of piperidine rings is 1. The van der Waals surface area contributed by atoms with E-state index >= 15 is 0 Å². The third-order valence-corrected chi connectivity index (χ3v) is 4.31. The van der Waals surface area contributed by atoms with Crippen LogP contribution in [0.5, 0.6) is 0 Å². The van der Waals surface area contributed by atoms with Gasteiger partial charge in [-0.25, -0.2) is 8.78 Å². The van der Waals surface area contributed by atoms with Crippen LogP contribution in [0, 0.1) is 17.6 Å². The highest BCUT2D eigenvalue weighted by atomic mass is 35.5. The van der Waals surface area contributed by atoms with Crippen molar-refractivity contribution in [2.24, 2.45) is 5.92 Å². The molecule has 1 saturated heterocycles. The van der Waals surface area contributed by atoms with Gasteiger partial charge in [0.15, 0.2) is 5.78 Å². The van der Waals surface area contributed by atoms with Crippen LogP contribution in [0.25, 0.3) is 0 Å². The number of carbonyl (C=O) groups excluding carboxylic acids is 1. The predicted molar refractivity (Wildman–Crippen MR) is 72.4 cm³/mol. The maximum Gasteiger partial charge on any atom is 0.310 e. The van der Waals surface area contributed by atoms with Crippen LogP contribution in [0.1, 0.15) is 18.4 Å². The van der Waals surface area contributed by atoms with Crippen molar-refractivity contribution < 1.29 is 23.5 Å². The maximum absolute atomic E-state index is 13.9. The van der Waals surface area contributed by atoms with Crippen LogP contribution in [0.15, 0.2) is 18.2 Å². The molecule has 1 saturated carbocycles. The normalized spacial score (nSPS) is 29.4. The third kappa shape index (κ3) is 2.53. The minimum Gasteiger partial charge on any atom is -0.481 e. The highest BCUT2D eigenvalue weighted by molar-refractivity contribution is 5.98. The molecule has 7 heteroatoms. The summed E-state index contributed by atoms with van der Waals surface area (Å²) in [6.07, 6.45) is 0.0340. The number of hydrogen-bond donors (Lipinski definition) is 2. The Morgan fingerprint density at radius 2 is 2.10 bits per heavy atom. The summed E-state index contributed by atoms with van der Waals surface area (Å²) in [7, 11) is 0. The van der Waals surface area contributed by atoms with E-state index in [0.717, 1.165) is 12.1 Å². The number of rotatable bonds is 4.